The highest BCUT2D eigenvalue weighted by Gasteiger charge is 2.12. The summed E-state index contributed by atoms with van der Waals surface area (Å²) in [4.78, 5) is 4.61. The van der Waals surface area contributed by atoms with E-state index in [1.807, 2.05) is 19.9 Å². The molecule has 0 aliphatic rings. The van der Waals surface area contributed by atoms with Crippen LogP contribution in [0.4, 0.5) is 0 Å². The molecule has 0 unspecified atom stereocenters. The highest BCUT2D eigenvalue weighted by molar-refractivity contribution is 7.80. The van der Waals surface area contributed by atoms with Crippen LogP contribution in [0.5, 0.6) is 5.88 Å². The van der Waals surface area contributed by atoms with Crippen LogP contribution < -0.4 is 10.5 Å². The molecule has 0 aliphatic heterocycles. The molecule has 1 rings (SSSR count). The van der Waals surface area contributed by atoms with Gasteiger partial charge in [-0.25, -0.2) is 4.98 Å². The van der Waals surface area contributed by atoms with Gasteiger partial charge in [-0.2, -0.15) is 0 Å². The molecule has 0 amide bonds. The Labute approximate surface area is 119 Å². The molecule has 19 heavy (non-hydrogen) atoms. The van der Waals surface area contributed by atoms with Crippen LogP contribution in [0.15, 0.2) is 6.07 Å². The molecule has 0 aromatic carbocycles. The molecule has 5 nitrogen and oxygen atoms in total. The lowest BCUT2D eigenvalue weighted by atomic mass is 10.1. The maximum atomic E-state index is 5.70. The van der Waals surface area contributed by atoms with Crippen molar-refractivity contribution in [3.63, 3.8) is 0 Å². The van der Waals surface area contributed by atoms with Crippen molar-refractivity contribution in [1.29, 1.82) is 0 Å². The molecule has 1 aromatic rings. The van der Waals surface area contributed by atoms with Crippen LogP contribution in [0, 0.1) is 13.8 Å². The van der Waals surface area contributed by atoms with Gasteiger partial charge in [-0.1, -0.05) is 12.2 Å². The second kappa shape index (κ2) is 8.04. The molecule has 0 aliphatic carbocycles. The van der Waals surface area contributed by atoms with E-state index in [1.165, 1.54) is 0 Å². The first-order chi connectivity index (χ1) is 9.06. The third-order valence-electron chi connectivity index (χ3n) is 2.46. The summed E-state index contributed by atoms with van der Waals surface area (Å²) in [6.45, 7) is 5.82. The Balaban J connectivity index is 2.59. The lowest BCUT2D eigenvalue weighted by molar-refractivity contribution is 0.0536. The van der Waals surface area contributed by atoms with Gasteiger partial charge in [0.2, 0.25) is 5.88 Å². The third-order valence-corrected chi connectivity index (χ3v) is 2.66. The standard InChI is InChI=1S/C13H20N2O3S/c1-9-8-10(2)15-13(11(9)12(14)19)18-7-6-17-5-4-16-3/h8H,4-7H2,1-3H3,(H2,14,19). The zero-order chi connectivity index (χ0) is 14.3. The van der Waals surface area contributed by atoms with Crippen molar-refractivity contribution >= 4 is 17.2 Å². The molecule has 1 aromatic heterocycles. The fraction of sp³-hybridized carbons (Fsp3) is 0.538. The molecule has 0 radical (unpaired) electrons. The van der Waals surface area contributed by atoms with Gasteiger partial charge >= 0.3 is 0 Å². The normalized spacial score (nSPS) is 10.5. The number of methoxy groups -OCH3 is 1. The van der Waals surface area contributed by atoms with Gasteiger partial charge in [-0.05, 0) is 25.5 Å². The van der Waals surface area contributed by atoms with Gasteiger partial charge in [-0.3, -0.25) is 0 Å². The molecule has 0 saturated carbocycles. The summed E-state index contributed by atoms with van der Waals surface area (Å²) in [6, 6.07) is 1.93. The number of hydrogen-bond acceptors (Lipinski definition) is 5. The van der Waals surface area contributed by atoms with Crippen molar-refractivity contribution in [2.45, 2.75) is 13.8 Å². The maximum Gasteiger partial charge on any atom is 0.224 e. The van der Waals surface area contributed by atoms with Crippen LogP contribution in [0.25, 0.3) is 0 Å². The van der Waals surface area contributed by atoms with Crippen molar-refractivity contribution in [2.24, 2.45) is 5.73 Å². The number of aryl methyl sites for hydroxylation is 2. The molecule has 0 bridgehead atoms. The van der Waals surface area contributed by atoms with Crippen LogP contribution in [0.2, 0.25) is 0 Å². The molecule has 0 saturated heterocycles. The van der Waals surface area contributed by atoms with Crippen LogP contribution in [-0.2, 0) is 9.47 Å². The second-order valence-electron chi connectivity index (χ2n) is 4.08. The van der Waals surface area contributed by atoms with Crippen molar-refractivity contribution in [3.8, 4) is 5.88 Å². The van der Waals surface area contributed by atoms with Gasteiger partial charge in [0.25, 0.3) is 0 Å². The van der Waals surface area contributed by atoms with E-state index in [9.17, 15) is 0 Å². The fourth-order valence-electron chi connectivity index (χ4n) is 1.65. The Morgan fingerprint density at radius 1 is 1.26 bits per heavy atom. The van der Waals surface area contributed by atoms with Crippen molar-refractivity contribution < 1.29 is 14.2 Å². The maximum absolute atomic E-state index is 5.70. The number of pyridine rings is 1. The lowest BCUT2D eigenvalue weighted by Crippen LogP contribution is -2.17. The molecular weight excluding hydrogens is 264 g/mol. The van der Waals surface area contributed by atoms with Gasteiger partial charge in [0.1, 0.15) is 11.6 Å². The Bertz CT molecular complexity index is 438. The Hall–Kier alpha value is -1.24. The van der Waals surface area contributed by atoms with E-state index in [1.54, 1.807) is 7.11 Å². The topological polar surface area (TPSA) is 66.6 Å². The molecule has 0 fully saturated rings. The number of ether oxygens (including phenoxy) is 3. The van der Waals surface area contributed by atoms with Gasteiger partial charge in [-0.15, -0.1) is 0 Å². The SMILES string of the molecule is COCCOCCOc1nc(C)cc(C)c1C(N)=S. The predicted molar refractivity (Wildman–Crippen MR) is 77.8 cm³/mol. The summed E-state index contributed by atoms with van der Waals surface area (Å²) in [6.07, 6.45) is 0. The molecule has 0 spiro atoms. The van der Waals surface area contributed by atoms with Crippen LogP contribution in [0.3, 0.4) is 0 Å². The first kappa shape index (κ1) is 15.8. The summed E-state index contributed by atoms with van der Waals surface area (Å²) < 4.78 is 15.8. The van der Waals surface area contributed by atoms with Gasteiger partial charge in [0.05, 0.1) is 25.4 Å². The van der Waals surface area contributed by atoms with Crippen molar-refractivity contribution in [3.05, 3.63) is 22.9 Å². The first-order valence-electron chi connectivity index (χ1n) is 6.03. The van der Waals surface area contributed by atoms with E-state index in [0.29, 0.717) is 42.9 Å². The summed E-state index contributed by atoms with van der Waals surface area (Å²) >= 11 is 5.03. The minimum absolute atomic E-state index is 0.292. The number of hydrogen-bond donors (Lipinski definition) is 1. The van der Waals surface area contributed by atoms with E-state index >= 15 is 0 Å². The van der Waals surface area contributed by atoms with Gasteiger partial charge < -0.3 is 19.9 Å². The highest BCUT2D eigenvalue weighted by atomic mass is 32.1. The monoisotopic (exact) mass is 284 g/mol. The average Bonchev–Trinajstić information content (AvgIpc) is 2.32. The second-order valence-corrected chi connectivity index (χ2v) is 4.52. The van der Waals surface area contributed by atoms with Crippen LogP contribution >= 0.6 is 12.2 Å². The third kappa shape index (κ3) is 5.10. The van der Waals surface area contributed by atoms with Crippen molar-refractivity contribution in [2.75, 3.05) is 33.5 Å². The Kier molecular flexibility index (Phi) is 6.69. The average molecular weight is 284 g/mol. The van der Waals surface area contributed by atoms with E-state index < -0.39 is 0 Å². The first-order valence-corrected chi connectivity index (χ1v) is 6.44. The molecule has 106 valence electrons. The summed E-state index contributed by atoms with van der Waals surface area (Å²) in [5, 5.41) is 0. The van der Waals surface area contributed by atoms with E-state index in [0.717, 1.165) is 11.3 Å². The van der Waals surface area contributed by atoms with E-state index in [2.05, 4.69) is 4.98 Å². The molecule has 0 atom stereocenters. The minimum atomic E-state index is 0.292. The van der Waals surface area contributed by atoms with E-state index in [4.69, 9.17) is 32.2 Å². The highest BCUT2D eigenvalue weighted by Crippen LogP contribution is 2.20. The smallest absolute Gasteiger partial charge is 0.224 e. The lowest BCUT2D eigenvalue weighted by Gasteiger charge is -2.13. The molecule has 2 N–H and O–H groups in total. The number of nitrogens with zero attached hydrogens (tertiary/aromatic N) is 1. The summed E-state index contributed by atoms with van der Waals surface area (Å²) in [5.74, 6) is 0.473. The minimum Gasteiger partial charge on any atom is -0.475 e. The quantitative estimate of drug-likeness (QED) is 0.574. The Morgan fingerprint density at radius 2 is 1.95 bits per heavy atom. The van der Waals surface area contributed by atoms with Gasteiger partial charge in [0.15, 0.2) is 0 Å². The fourth-order valence-corrected chi connectivity index (χ4v) is 1.90. The number of nitrogens with two attached hydrogens (primary N) is 1. The number of aromatic nitrogens is 1. The molecule has 1 heterocycles. The number of rotatable bonds is 8. The van der Waals surface area contributed by atoms with Crippen LogP contribution in [-0.4, -0.2) is 43.5 Å². The summed E-state index contributed by atoms with van der Waals surface area (Å²) in [7, 11) is 1.63. The predicted octanol–water partition coefficient (Wildman–Crippen LogP) is 1.37. The van der Waals surface area contributed by atoms with Crippen molar-refractivity contribution in [1.82, 2.24) is 4.98 Å². The van der Waals surface area contributed by atoms with Crippen LogP contribution in [0.1, 0.15) is 16.8 Å². The molecular formula is C13H20N2O3S. The van der Waals surface area contributed by atoms with Gasteiger partial charge in [0, 0.05) is 12.8 Å². The molecule has 6 heteroatoms. The van der Waals surface area contributed by atoms with E-state index in [-0.39, 0.29) is 0 Å². The largest absolute Gasteiger partial charge is 0.475 e. The Morgan fingerprint density at radius 3 is 2.58 bits per heavy atom. The zero-order valence-electron chi connectivity index (χ0n) is 11.6. The summed E-state index contributed by atoms with van der Waals surface area (Å²) in [5.41, 5.74) is 8.23. The number of thiocarbonyl (C=S) groups is 1. The zero-order valence-corrected chi connectivity index (χ0v) is 12.4.